The molecule has 0 aliphatic carbocycles. The summed E-state index contributed by atoms with van der Waals surface area (Å²) >= 11 is 6.70. The predicted molar refractivity (Wildman–Crippen MR) is 127 cm³/mol. The molecular weight excluding hydrogens is 466 g/mol. The zero-order valence-corrected chi connectivity index (χ0v) is 20.1. The topological polar surface area (TPSA) is 82.1 Å². The summed E-state index contributed by atoms with van der Waals surface area (Å²) in [5, 5.41) is 0.0966. The van der Waals surface area contributed by atoms with Crippen molar-refractivity contribution in [2.45, 2.75) is 33.0 Å². The van der Waals surface area contributed by atoms with Crippen molar-refractivity contribution in [3.63, 3.8) is 0 Å². The lowest BCUT2D eigenvalue weighted by molar-refractivity contribution is -0.150. The van der Waals surface area contributed by atoms with Crippen LogP contribution < -0.4 is 9.47 Å². The van der Waals surface area contributed by atoms with Crippen LogP contribution in [0.4, 0.5) is 4.79 Å². The molecule has 1 aliphatic heterocycles. The fourth-order valence-electron chi connectivity index (χ4n) is 2.95. The Bertz CT molecular complexity index is 1070. The normalized spacial score (nSPS) is 15.6. The molecule has 2 aromatic carbocycles. The number of ether oxygens (including phenoxy) is 3. The van der Waals surface area contributed by atoms with Gasteiger partial charge in [0.15, 0.2) is 11.5 Å². The van der Waals surface area contributed by atoms with Crippen molar-refractivity contribution in [2.75, 3.05) is 13.7 Å². The van der Waals surface area contributed by atoms with Crippen LogP contribution in [0.3, 0.4) is 0 Å². The highest BCUT2D eigenvalue weighted by molar-refractivity contribution is 8.18. The second-order valence-electron chi connectivity index (χ2n) is 7.27. The van der Waals surface area contributed by atoms with E-state index < -0.39 is 23.7 Å². The number of halogens is 1. The zero-order valence-electron chi connectivity index (χ0n) is 18.5. The van der Waals surface area contributed by atoms with Gasteiger partial charge in [0.05, 0.1) is 18.1 Å². The van der Waals surface area contributed by atoms with E-state index in [1.807, 2.05) is 19.1 Å². The van der Waals surface area contributed by atoms with E-state index in [0.29, 0.717) is 28.5 Å². The van der Waals surface area contributed by atoms with Crippen LogP contribution in [0, 0.1) is 0 Å². The average molecular weight is 490 g/mol. The minimum Gasteiger partial charge on any atom is -0.493 e. The standard InChI is InChI=1S/C24H24ClNO6S/c1-4-15(2)32-21(27)13-26-23(28)20(33-24(26)29)12-17-6-5-7-19(30-3)22(17)31-14-16-8-10-18(25)11-9-16/h5-12,15H,4,13-14H2,1-3H3/b20-12+/t15-/m1/s1. The summed E-state index contributed by atoms with van der Waals surface area (Å²) in [7, 11) is 1.52. The Morgan fingerprint density at radius 3 is 2.58 bits per heavy atom. The van der Waals surface area contributed by atoms with Gasteiger partial charge in [-0.3, -0.25) is 19.3 Å². The Kier molecular flexibility index (Phi) is 8.41. The number of para-hydroxylation sites is 1. The maximum atomic E-state index is 12.8. The Balaban J connectivity index is 1.80. The van der Waals surface area contributed by atoms with E-state index in [4.69, 9.17) is 25.8 Å². The SMILES string of the molecule is CC[C@@H](C)OC(=O)CN1C(=O)S/C(=C/c2cccc(OC)c2OCc2ccc(Cl)cc2)C1=O. The zero-order chi connectivity index (χ0) is 24.0. The van der Waals surface area contributed by atoms with Crippen molar-refractivity contribution in [2.24, 2.45) is 0 Å². The number of carbonyl (C=O) groups is 3. The molecule has 0 radical (unpaired) electrons. The number of nitrogens with zero attached hydrogens (tertiary/aromatic N) is 1. The number of thioether (sulfide) groups is 1. The molecule has 0 unspecified atom stereocenters. The molecule has 174 valence electrons. The second-order valence-corrected chi connectivity index (χ2v) is 8.70. The van der Waals surface area contributed by atoms with E-state index in [9.17, 15) is 14.4 Å². The Hall–Kier alpha value is -2.97. The van der Waals surface area contributed by atoms with Crippen molar-refractivity contribution in [1.82, 2.24) is 4.90 Å². The number of carbonyl (C=O) groups excluding carboxylic acids is 3. The van der Waals surface area contributed by atoms with Gasteiger partial charge in [0.1, 0.15) is 13.2 Å². The number of amides is 2. The Labute approximate surface area is 201 Å². The molecule has 1 aliphatic rings. The lowest BCUT2D eigenvalue weighted by atomic mass is 10.1. The number of hydrogen-bond donors (Lipinski definition) is 0. The highest BCUT2D eigenvalue weighted by Gasteiger charge is 2.37. The quantitative estimate of drug-likeness (QED) is 0.349. The van der Waals surface area contributed by atoms with Crippen LogP contribution in [0.2, 0.25) is 5.02 Å². The third kappa shape index (κ3) is 6.30. The van der Waals surface area contributed by atoms with Crippen molar-refractivity contribution in [1.29, 1.82) is 0 Å². The highest BCUT2D eigenvalue weighted by atomic mass is 35.5. The number of rotatable bonds is 9. The first-order valence-corrected chi connectivity index (χ1v) is 11.5. The van der Waals surface area contributed by atoms with Crippen LogP contribution in [-0.2, 0) is 20.9 Å². The molecular formula is C24H24ClNO6S. The fourth-order valence-corrected chi connectivity index (χ4v) is 3.90. The lowest BCUT2D eigenvalue weighted by Crippen LogP contribution is -2.35. The van der Waals surface area contributed by atoms with Gasteiger partial charge in [-0.05, 0) is 54.9 Å². The van der Waals surface area contributed by atoms with Crippen LogP contribution >= 0.6 is 23.4 Å². The van der Waals surface area contributed by atoms with Crippen molar-refractivity contribution in [3.05, 3.63) is 63.5 Å². The predicted octanol–water partition coefficient (Wildman–Crippen LogP) is 5.31. The van der Waals surface area contributed by atoms with Gasteiger partial charge in [-0.1, -0.05) is 42.8 Å². The minimum absolute atomic E-state index is 0.181. The van der Waals surface area contributed by atoms with E-state index in [2.05, 4.69) is 0 Å². The number of methoxy groups -OCH3 is 1. The molecule has 3 rings (SSSR count). The van der Waals surface area contributed by atoms with E-state index in [1.165, 1.54) is 7.11 Å². The van der Waals surface area contributed by atoms with Gasteiger partial charge >= 0.3 is 5.97 Å². The number of benzene rings is 2. The molecule has 0 bridgehead atoms. The third-order valence-electron chi connectivity index (χ3n) is 4.88. The van der Waals surface area contributed by atoms with Gasteiger partial charge in [0, 0.05) is 10.6 Å². The van der Waals surface area contributed by atoms with Gasteiger partial charge in [-0.25, -0.2) is 0 Å². The van der Waals surface area contributed by atoms with Gasteiger partial charge in [0.25, 0.3) is 11.1 Å². The van der Waals surface area contributed by atoms with E-state index in [-0.39, 0.29) is 17.6 Å². The highest BCUT2D eigenvalue weighted by Crippen LogP contribution is 2.37. The first-order valence-electron chi connectivity index (χ1n) is 10.3. The fraction of sp³-hybridized carbons (Fsp3) is 0.292. The number of imide groups is 1. The molecule has 33 heavy (non-hydrogen) atoms. The van der Waals surface area contributed by atoms with Crippen molar-refractivity contribution in [3.8, 4) is 11.5 Å². The molecule has 2 aromatic rings. The summed E-state index contributed by atoms with van der Waals surface area (Å²) in [4.78, 5) is 38.3. The van der Waals surface area contributed by atoms with Crippen LogP contribution in [0.15, 0.2) is 47.4 Å². The molecule has 0 N–H and O–H groups in total. The molecule has 0 spiro atoms. The summed E-state index contributed by atoms with van der Waals surface area (Å²) in [5.74, 6) is -0.272. The Morgan fingerprint density at radius 2 is 1.91 bits per heavy atom. The van der Waals surface area contributed by atoms with Gasteiger partial charge in [0.2, 0.25) is 0 Å². The summed E-state index contributed by atoms with van der Waals surface area (Å²) in [6.07, 6.45) is 1.91. The smallest absolute Gasteiger partial charge is 0.326 e. The Morgan fingerprint density at radius 1 is 1.18 bits per heavy atom. The van der Waals surface area contributed by atoms with Crippen molar-refractivity contribution >= 4 is 46.6 Å². The second kappa shape index (κ2) is 11.2. The van der Waals surface area contributed by atoms with Gasteiger partial charge in [-0.2, -0.15) is 0 Å². The van der Waals surface area contributed by atoms with E-state index in [0.717, 1.165) is 22.2 Å². The summed E-state index contributed by atoms with van der Waals surface area (Å²) in [6.45, 7) is 3.45. The van der Waals surface area contributed by atoms with Crippen LogP contribution in [0.25, 0.3) is 6.08 Å². The van der Waals surface area contributed by atoms with E-state index >= 15 is 0 Å². The maximum Gasteiger partial charge on any atom is 0.326 e. The average Bonchev–Trinajstić information content (AvgIpc) is 3.06. The molecule has 2 amide bonds. The third-order valence-corrected chi connectivity index (χ3v) is 6.04. The summed E-state index contributed by atoms with van der Waals surface area (Å²) < 4.78 is 16.6. The molecule has 1 fully saturated rings. The molecule has 1 saturated heterocycles. The largest absolute Gasteiger partial charge is 0.493 e. The van der Waals surface area contributed by atoms with Crippen LogP contribution in [0.5, 0.6) is 11.5 Å². The minimum atomic E-state index is -0.624. The van der Waals surface area contributed by atoms with E-state index in [1.54, 1.807) is 43.3 Å². The molecule has 0 saturated carbocycles. The molecule has 0 aromatic heterocycles. The van der Waals surface area contributed by atoms with Gasteiger partial charge in [-0.15, -0.1) is 0 Å². The summed E-state index contributed by atoms with van der Waals surface area (Å²) in [5.41, 5.74) is 1.47. The number of esters is 1. The first-order chi connectivity index (χ1) is 15.8. The van der Waals surface area contributed by atoms with Crippen molar-refractivity contribution < 1.29 is 28.6 Å². The first kappa shape index (κ1) is 24.7. The van der Waals surface area contributed by atoms with Crippen LogP contribution in [-0.4, -0.2) is 41.8 Å². The molecule has 7 nitrogen and oxygen atoms in total. The summed E-state index contributed by atoms with van der Waals surface area (Å²) in [6, 6.07) is 12.5. The van der Waals surface area contributed by atoms with Gasteiger partial charge < -0.3 is 14.2 Å². The molecule has 9 heteroatoms. The number of hydrogen-bond acceptors (Lipinski definition) is 7. The maximum absolute atomic E-state index is 12.8. The molecule has 1 atom stereocenters. The van der Waals surface area contributed by atoms with Crippen LogP contribution in [0.1, 0.15) is 31.4 Å². The molecule has 1 heterocycles. The monoisotopic (exact) mass is 489 g/mol. The lowest BCUT2D eigenvalue weighted by Gasteiger charge is -2.15.